The molecule has 0 saturated heterocycles. The highest BCUT2D eigenvalue weighted by atomic mass is 19.1. The molecule has 9 heteroatoms. The number of hydrogen-bond donors (Lipinski definition) is 1. The molecule has 2 atom stereocenters. The van der Waals surface area contributed by atoms with Crippen LogP contribution in [0.1, 0.15) is 70.5 Å². The zero-order valence-electron chi connectivity index (χ0n) is 20.3. The molecule has 2 aromatic heterocycles. The van der Waals surface area contributed by atoms with Crippen molar-refractivity contribution in [3.63, 3.8) is 0 Å². The fourth-order valence-electron chi connectivity index (χ4n) is 4.97. The summed E-state index contributed by atoms with van der Waals surface area (Å²) in [5, 5.41) is 26.1. The maximum atomic E-state index is 14.5. The second-order valence-electron chi connectivity index (χ2n) is 10.3. The highest BCUT2D eigenvalue weighted by Crippen LogP contribution is 2.50. The van der Waals surface area contributed by atoms with Gasteiger partial charge in [-0.15, -0.1) is 5.10 Å². The largest absolute Gasteiger partial charge is 0.405 e. The molecule has 0 bridgehead atoms. The number of hydrogen-bond acceptors (Lipinski definition) is 7. The first-order valence-corrected chi connectivity index (χ1v) is 11.6. The number of aliphatic hydroxyl groups excluding tert-OH is 1. The van der Waals surface area contributed by atoms with E-state index in [9.17, 15) is 13.9 Å². The normalized spacial score (nSPS) is 20.3. The van der Waals surface area contributed by atoms with Gasteiger partial charge >= 0.3 is 6.01 Å². The van der Waals surface area contributed by atoms with Crippen LogP contribution >= 0.6 is 0 Å². The number of anilines is 1. The van der Waals surface area contributed by atoms with E-state index in [-0.39, 0.29) is 35.1 Å². The third-order valence-corrected chi connectivity index (χ3v) is 6.80. The quantitative estimate of drug-likeness (QED) is 0.541. The van der Waals surface area contributed by atoms with Crippen molar-refractivity contribution in [2.45, 2.75) is 65.4 Å². The summed E-state index contributed by atoms with van der Waals surface area (Å²) in [5.41, 5.74) is 1.35. The number of nitrogens with zero attached hydrogens (tertiary/aromatic N) is 5. The molecule has 0 saturated carbocycles. The van der Waals surface area contributed by atoms with Gasteiger partial charge in [-0.2, -0.15) is 10.2 Å². The third-order valence-electron chi connectivity index (χ3n) is 6.80. The third kappa shape index (κ3) is 4.41. The molecule has 7 nitrogen and oxygen atoms in total. The summed E-state index contributed by atoms with van der Waals surface area (Å²) >= 11 is 0. The lowest BCUT2D eigenvalue weighted by Crippen LogP contribution is -2.44. The van der Waals surface area contributed by atoms with Gasteiger partial charge in [0.2, 0.25) is 5.89 Å². The molecule has 0 unspecified atom stereocenters. The van der Waals surface area contributed by atoms with Gasteiger partial charge in [-0.3, -0.25) is 0 Å². The van der Waals surface area contributed by atoms with Crippen LogP contribution in [0.2, 0.25) is 0 Å². The molecular weight excluding hydrogens is 440 g/mol. The van der Waals surface area contributed by atoms with E-state index >= 15 is 0 Å². The molecule has 1 aromatic carbocycles. The molecule has 182 valence electrons. The minimum atomic E-state index is -0.659. The fraction of sp³-hybridized carbons (Fsp3) is 0.520. The molecule has 3 aromatic rings. The van der Waals surface area contributed by atoms with Crippen molar-refractivity contribution in [2.75, 3.05) is 18.0 Å². The number of benzene rings is 1. The van der Waals surface area contributed by atoms with Crippen LogP contribution in [-0.2, 0) is 12.0 Å². The lowest BCUT2D eigenvalue weighted by atomic mass is 9.63. The van der Waals surface area contributed by atoms with Crippen molar-refractivity contribution < 1.29 is 18.3 Å². The first-order valence-electron chi connectivity index (χ1n) is 11.6. The summed E-state index contributed by atoms with van der Waals surface area (Å²) in [6.07, 6.45) is 1.74. The molecule has 0 fully saturated rings. The van der Waals surface area contributed by atoms with Crippen LogP contribution in [0.5, 0.6) is 0 Å². The average Bonchev–Trinajstić information content (AvgIpc) is 3.26. The highest BCUT2D eigenvalue weighted by molar-refractivity contribution is 5.62. The maximum Gasteiger partial charge on any atom is 0.318 e. The van der Waals surface area contributed by atoms with Crippen LogP contribution < -0.4 is 4.90 Å². The van der Waals surface area contributed by atoms with Crippen LogP contribution in [0.3, 0.4) is 0 Å². The Morgan fingerprint density at radius 3 is 2.44 bits per heavy atom. The molecule has 34 heavy (non-hydrogen) atoms. The Kier molecular flexibility index (Phi) is 6.42. The van der Waals surface area contributed by atoms with Crippen LogP contribution in [0.4, 0.5) is 14.8 Å². The lowest BCUT2D eigenvalue weighted by molar-refractivity contribution is 0.236. The minimum absolute atomic E-state index is 0.0723. The van der Waals surface area contributed by atoms with Crippen molar-refractivity contribution >= 4 is 6.01 Å². The predicted octanol–water partition coefficient (Wildman–Crippen LogP) is 5.00. The van der Waals surface area contributed by atoms with E-state index < -0.39 is 17.0 Å². The van der Waals surface area contributed by atoms with E-state index in [0.717, 1.165) is 24.1 Å². The Balaban J connectivity index is 1.79. The average molecular weight is 472 g/mol. The SMILES string of the molecule is CCN(C[C@@]1(C)CC[C@H](C(C)(C)C)c2cc(-c3c(F)cccc3F)nnc21)c1nnc(CO)o1. The summed E-state index contributed by atoms with van der Waals surface area (Å²) in [6.45, 7) is 11.5. The van der Waals surface area contributed by atoms with Gasteiger partial charge in [0.15, 0.2) is 0 Å². The lowest BCUT2D eigenvalue weighted by Gasteiger charge is -2.44. The highest BCUT2D eigenvalue weighted by Gasteiger charge is 2.43. The second-order valence-corrected chi connectivity index (χ2v) is 10.3. The number of aliphatic hydroxyl groups is 1. The Bertz CT molecular complexity index is 1160. The number of likely N-dealkylation sites (N-methyl/N-ethyl adjacent to an activating group) is 1. The zero-order chi connectivity index (χ0) is 24.7. The van der Waals surface area contributed by atoms with E-state index in [1.54, 1.807) is 0 Å². The topological polar surface area (TPSA) is 88.2 Å². The number of halogens is 2. The summed E-state index contributed by atoms with van der Waals surface area (Å²) in [7, 11) is 0. The van der Waals surface area contributed by atoms with Crippen molar-refractivity contribution in [2.24, 2.45) is 5.41 Å². The predicted molar refractivity (Wildman–Crippen MR) is 124 cm³/mol. The first kappa shape index (κ1) is 24.2. The Hall–Kier alpha value is -2.94. The van der Waals surface area contributed by atoms with E-state index in [2.05, 4.69) is 48.1 Å². The van der Waals surface area contributed by atoms with E-state index in [1.807, 2.05) is 17.9 Å². The van der Waals surface area contributed by atoms with Crippen molar-refractivity contribution in [1.82, 2.24) is 20.4 Å². The molecule has 0 amide bonds. The van der Waals surface area contributed by atoms with E-state index in [1.165, 1.54) is 18.2 Å². The molecule has 0 aliphatic heterocycles. The molecule has 4 rings (SSSR count). The molecular formula is C25H31F2N5O2. The van der Waals surface area contributed by atoms with Crippen LogP contribution in [0.25, 0.3) is 11.3 Å². The van der Waals surface area contributed by atoms with Gasteiger partial charge in [-0.05, 0) is 54.9 Å². The first-order chi connectivity index (χ1) is 16.1. The molecule has 0 spiro atoms. The van der Waals surface area contributed by atoms with E-state index in [4.69, 9.17) is 4.42 Å². The van der Waals surface area contributed by atoms with Gasteiger partial charge < -0.3 is 14.4 Å². The molecule has 2 heterocycles. The van der Waals surface area contributed by atoms with Gasteiger partial charge in [0.1, 0.15) is 18.2 Å². The van der Waals surface area contributed by atoms with Crippen LogP contribution in [-0.4, -0.2) is 38.6 Å². The van der Waals surface area contributed by atoms with Crippen molar-refractivity contribution in [3.8, 4) is 11.3 Å². The summed E-state index contributed by atoms with van der Waals surface area (Å²) in [5.74, 6) is -1.01. The van der Waals surface area contributed by atoms with Gasteiger partial charge in [-0.25, -0.2) is 8.78 Å². The maximum absolute atomic E-state index is 14.5. The summed E-state index contributed by atoms with van der Waals surface area (Å²) in [4.78, 5) is 1.96. The molecule has 1 N–H and O–H groups in total. The monoisotopic (exact) mass is 471 g/mol. The van der Waals surface area contributed by atoms with Crippen molar-refractivity contribution in [1.29, 1.82) is 0 Å². The molecule has 0 radical (unpaired) electrons. The van der Waals surface area contributed by atoms with Crippen LogP contribution in [0, 0.1) is 17.0 Å². The Labute approximate surface area is 198 Å². The Morgan fingerprint density at radius 2 is 1.85 bits per heavy atom. The van der Waals surface area contributed by atoms with Gasteiger partial charge in [0, 0.05) is 18.5 Å². The van der Waals surface area contributed by atoms with Crippen LogP contribution in [0.15, 0.2) is 28.7 Å². The Morgan fingerprint density at radius 1 is 1.15 bits per heavy atom. The van der Waals surface area contributed by atoms with E-state index in [0.29, 0.717) is 19.1 Å². The van der Waals surface area contributed by atoms with Gasteiger partial charge in [-0.1, -0.05) is 38.9 Å². The number of fused-ring (bicyclic) bond motifs is 1. The summed E-state index contributed by atoms with van der Waals surface area (Å²) < 4.78 is 34.6. The molecule has 1 aliphatic rings. The minimum Gasteiger partial charge on any atom is -0.405 e. The zero-order valence-corrected chi connectivity index (χ0v) is 20.3. The van der Waals surface area contributed by atoms with Crippen molar-refractivity contribution in [3.05, 3.63) is 53.0 Å². The second kappa shape index (κ2) is 9.02. The number of rotatable bonds is 6. The molecule has 1 aliphatic carbocycles. The fourth-order valence-corrected chi connectivity index (χ4v) is 4.97. The summed E-state index contributed by atoms with van der Waals surface area (Å²) in [6, 6.07) is 5.95. The smallest absolute Gasteiger partial charge is 0.318 e. The van der Waals surface area contributed by atoms with Gasteiger partial charge in [0.05, 0.1) is 17.0 Å². The van der Waals surface area contributed by atoms with Gasteiger partial charge in [0.25, 0.3) is 0 Å². The standard InChI is InChI=1S/C25H31F2N5O2/c1-6-32(23-31-29-20(13-33)34-23)14-25(5)11-10-16(24(2,3)4)15-12-19(28-30-22(15)25)21-17(26)8-7-9-18(21)27/h7-9,12,16,33H,6,10-11,13-14H2,1-5H3/t16-,25+/m0/s1. The number of aromatic nitrogens is 4.